The summed E-state index contributed by atoms with van der Waals surface area (Å²) in [5.74, 6) is -0.301. The van der Waals surface area contributed by atoms with Crippen LogP contribution in [0.15, 0.2) is 22.7 Å². The fourth-order valence-electron chi connectivity index (χ4n) is 2.15. The lowest BCUT2D eigenvalue weighted by Crippen LogP contribution is -2.20. The van der Waals surface area contributed by atoms with E-state index in [1.54, 1.807) is 19.9 Å². The number of aromatic nitrogens is 2. The van der Waals surface area contributed by atoms with E-state index in [0.717, 1.165) is 10.0 Å². The summed E-state index contributed by atoms with van der Waals surface area (Å²) in [4.78, 5) is 22.6. The van der Waals surface area contributed by atoms with Gasteiger partial charge >= 0.3 is 5.69 Å². The molecule has 0 fully saturated rings. The summed E-state index contributed by atoms with van der Waals surface area (Å²) in [7, 11) is 0. The van der Waals surface area contributed by atoms with E-state index in [0.29, 0.717) is 17.1 Å². The third kappa shape index (κ3) is 3.33. The fraction of sp³-hybridized carbons (Fsp3) is 0.286. The summed E-state index contributed by atoms with van der Waals surface area (Å²) in [6, 6.07) is 5.57. The normalized spacial score (nSPS) is 10.5. The maximum Gasteiger partial charge on any atom is 0.312 e. The molecule has 0 saturated carbocycles. The predicted molar refractivity (Wildman–Crippen MR) is 85.9 cm³/mol. The van der Waals surface area contributed by atoms with E-state index in [4.69, 9.17) is 0 Å². The van der Waals surface area contributed by atoms with E-state index >= 15 is 0 Å². The molecular weight excluding hydrogens is 352 g/mol. The first-order valence-corrected chi connectivity index (χ1v) is 7.33. The number of hydrogen-bond donors (Lipinski definition) is 1. The summed E-state index contributed by atoms with van der Waals surface area (Å²) in [5.41, 5.74) is 2.32. The lowest BCUT2D eigenvalue weighted by molar-refractivity contribution is -0.386. The first kappa shape index (κ1) is 16.2. The van der Waals surface area contributed by atoms with E-state index < -0.39 is 4.92 Å². The monoisotopic (exact) mass is 366 g/mol. The van der Waals surface area contributed by atoms with E-state index in [9.17, 15) is 14.9 Å². The number of nitrogens with one attached hydrogen (secondary N) is 1. The molecule has 2 aromatic rings. The Morgan fingerprint density at radius 2 is 2.09 bits per heavy atom. The first-order valence-electron chi connectivity index (χ1n) is 6.54. The van der Waals surface area contributed by atoms with Crippen LogP contribution in [0, 0.1) is 30.9 Å². The fourth-order valence-corrected chi connectivity index (χ4v) is 2.75. The van der Waals surface area contributed by atoms with Crippen molar-refractivity contribution in [3.8, 4) is 0 Å². The Hall–Kier alpha value is -2.22. The molecule has 0 atom stereocenters. The molecule has 1 N–H and O–H groups in total. The van der Waals surface area contributed by atoms with E-state index in [2.05, 4.69) is 26.3 Å². The van der Waals surface area contributed by atoms with Crippen molar-refractivity contribution in [2.24, 2.45) is 0 Å². The minimum absolute atomic E-state index is 0.0516. The van der Waals surface area contributed by atoms with Crippen LogP contribution in [-0.2, 0) is 11.3 Å². The van der Waals surface area contributed by atoms with Gasteiger partial charge in [-0.1, -0.05) is 6.07 Å². The molecule has 0 radical (unpaired) electrons. The number of nitro groups is 1. The third-order valence-electron chi connectivity index (χ3n) is 3.22. The second kappa shape index (κ2) is 6.27. The number of benzene rings is 1. The number of carbonyl (C=O) groups is 1. The highest BCUT2D eigenvalue weighted by Gasteiger charge is 2.22. The van der Waals surface area contributed by atoms with Crippen molar-refractivity contribution in [1.82, 2.24) is 9.78 Å². The Morgan fingerprint density at radius 3 is 2.64 bits per heavy atom. The van der Waals surface area contributed by atoms with Gasteiger partial charge in [-0.15, -0.1) is 0 Å². The summed E-state index contributed by atoms with van der Waals surface area (Å²) >= 11 is 3.38. The molecule has 0 bridgehead atoms. The third-order valence-corrected chi connectivity index (χ3v) is 3.87. The molecule has 0 saturated heterocycles. The maximum atomic E-state index is 12.1. The molecule has 2 rings (SSSR count). The lowest BCUT2D eigenvalue weighted by atomic mass is 10.2. The summed E-state index contributed by atoms with van der Waals surface area (Å²) in [5, 5.41) is 17.8. The van der Waals surface area contributed by atoms with Gasteiger partial charge in [-0.2, -0.15) is 5.10 Å². The Balaban J connectivity index is 2.16. The highest BCUT2D eigenvalue weighted by Crippen LogP contribution is 2.24. The molecule has 116 valence electrons. The van der Waals surface area contributed by atoms with E-state index in [-0.39, 0.29) is 18.1 Å². The second-order valence-corrected chi connectivity index (χ2v) is 5.82. The van der Waals surface area contributed by atoms with Crippen molar-refractivity contribution in [3.05, 3.63) is 49.7 Å². The zero-order valence-corrected chi connectivity index (χ0v) is 14.0. The van der Waals surface area contributed by atoms with E-state index in [1.807, 2.05) is 19.1 Å². The SMILES string of the molecule is Cc1ccc(NC(=O)Cn2nc(C)c([N+](=O)[O-])c2C)c(Br)c1. The molecule has 1 aromatic carbocycles. The second-order valence-electron chi connectivity index (χ2n) is 4.97. The van der Waals surface area contributed by atoms with Crippen molar-refractivity contribution >= 4 is 33.2 Å². The summed E-state index contributed by atoms with van der Waals surface area (Å²) in [6.07, 6.45) is 0. The average molecular weight is 367 g/mol. The van der Waals surface area contributed by atoms with Crippen LogP contribution in [0.2, 0.25) is 0 Å². The van der Waals surface area contributed by atoms with Gasteiger partial charge in [-0.05, 0) is 54.4 Å². The highest BCUT2D eigenvalue weighted by molar-refractivity contribution is 9.10. The van der Waals surface area contributed by atoms with Gasteiger partial charge in [0, 0.05) is 4.47 Å². The van der Waals surface area contributed by atoms with Gasteiger partial charge in [0.2, 0.25) is 5.91 Å². The Bertz CT molecular complexity index is 755. The van der Waals surface area contributed by atoms with Crippen molar-refractivity contribution < 1.29 is 9.72 Å². The van der Waals surface area contributed by atoms with Gasteiger partial charge in [0.25, 0.3) is 0 Å². The molecule has 0 aliphatic heterocycles. The molecule has 0 spiro atoms. The molecule has 7 nitrogen and oxygen atoms in total. The molecule has 0 aliphatic carbocycles. The molecule has 0 unspecified atom stereocenters. The average Bonchev–Trinajstić information content (AvgIpc) is 2.67. The van der Waals surface area contributed by atoms with Crippen LogP contribution in [0.3, 0.4) is 0 Å². The van der Waals surface area contributed by atoms with Crippen LogP contribution in [0.4, 0.5) is 11.4 Å². The molecule has 1 amide bonds. The Morgan fingerprint density at radius 1 is 1.41 bits per heavy atom. The minimum atomic E-state index is -0.483. The molecule has 22 heavy (non-hydrogen) atoms. The zero-order chi connectivity index (χ0) is 16.4. The lowest BCUT2D eigenvalue weighted by Gasteiger charge is -2.09. The van der Waals surface area contributed by atoms with Crippen LogP contribution in [0.25, 0.3) is 0 Å². The van der Waals surface area contributed by atoms with Crippen LogP contribution in [0.1, 0.15) is 17.0 Å². The predicted octanol–water partition coefficient (Wildman–Crippen LogP) is 3.12. The molecular formula is C14H15BrN4O3. The molecule has 1 heterocycles. The van der Waals surface area contributed by atoms with Gasteiger partial charge in [0.1, 0.15) is 17.9 Å². The van der Waals surface area contributed by atoms with Gasteiger partial charge in [-0.25, -0.2) is 0 Å². The van der Waals surface area contributed by atoms with Crippen LogP contribution < -0.4 is 5.32 Å². The van der Waals surface area contributed by atoms with Crippen LogP contribution in [0.5, 0.6) is 0 Å². The summed E-state index contributed by atoms with van der Waals surface area (Å²) < 4.78 is 2.12. The van der Waals surface area contributed by atoms with Crippen molar-refractivity contribution in [3.63, 3.8) is 0 Å². The van der Waals surface area contributed by atoms with Crippen molar-refractivity contribution in [1.29, 1.82) is 0 Å². The van der Waals surface area contributed by atoms with Crippen molar-refractivity contribution in [2.45, 2.75) is 27.3 Å². The van der Waals surface area contributed by atoms with Gasteiger partial charge in [0.05, 0.1) is 10.6 Å². The standard InChI is InChI=1S/C14H15BrN4O3/c1-8-4-5-12(11(15)6-8)16-13(20)7-18-10(3)14(19(21)22)9(2)17-18/h4-6H,7H2,1-3H3,(H,16,20). The number of anilines is 1. The topological polar surface area (TPSA) is 90.1 Å². The van der Waals surface area contributed by atoms with E-state index in [1.165, 1.54) is 4.68 Å². The number of aryl methyl sites for hydroxylation is 2. The van der Waals surface area contributed by atoms with Crippen molar-refractivity contribution in [2.75, 3.05) is 5.32 Å². The number of carbonyl (C=O) groups excluding carboxylic acids is 1. The zero-order valence-electron chi connectivity index (χ0n) is 12.4. The molecule has 0 aliphatic rings. The first-order chi connectivity index (χ1) is 10.3. The van der Waals surface area contributed by atoms with Gasteiger partial charge < -0.3 is 5.32 Å². The van der Waals surface area contributed by atoms with Gasteiger partial charge in [0.15, 0.2) is 0 Å². The number of amides is 1. The number of nitrogens with zero attached hydrogens (tertiary/aromatic N) is 3. The largest absolute Gasteiger partial charge is 0.323 e. The highest BCUT2D eigenvalue weighted by atomic mass is 79.9. The number of halogens is 1. The Kier molecular flexibility index (Phi) is 4.60. The Labute approximate surface area is 135 Å². The number of hydrogen-bond acceptors (Lipinski definition) is 4. The molecule has 8 heteroatoms. The molecule has 1 aromatic heterocycles. The smallest absolute Gasteiger partial charge is 0.312 e. The van der Waals surface area contributed by atoms with Gasteiger partial charge in [-0.3, -0.25) is 19.6 Å². The summed E-state index contributed by atoms with van der Waals surface area (Å²) in [6.45, 7) is 5.00. The number of rotatable bonds is 4. The quantitative estimate of drug-likeness (QED) is 0.664. The van der Waals surface area contributed by atoms with Crippen LogP contribution in [-0.4, -0.2) is 20.6 Å². The van der Waals surface area contributed by atoms with Crippen LogP contribution >= 0.6 is 15.9 Å². The minimum Gasteiger partial charge on any atom is -0.323 e. The maximum absolute atomic E-state index is 12.1.